The summed E-state index contributed by atoms with van der Waals surface area (Å²) in [5.74, 6) is 0. The van der Waals surface area contributed by atoms with Gasteiger partial charge in [0.2, 0.25) is 0 Å². The molecule has 0 radical (unpaired) electrons. The van der Waals surface area contributed by atoms with Crippen LogP contribution >= 0.6 is 0 Å². The summed E-state index contributed by atoms with van der Waals surface area (Å²) in [6.07, 6.45) is -0.677. The largest absolute Gasteiger partial charge is 0.399 e. The number of fused-ring (bicyclic) bond motifs is 1. The van der Waals surface area contributed by atoms with Gasteiger partial charge in [-0.3, -0.25) is 4.98 Å². The molecule has 1 unspecified atom stereocenters. The van der Waals surface area contributed by atoms with Crippen LogP contribution < -0.4 is 5.73 Å². The summed E-state index contributed by atoms with van der Waals surface area (Å²) in [7, 11) is 0. The van der Waals surface area contributed by atoms with Gasteiger partial charge in [-0.1, -0.05) is 24.3 Å². The summed E-state index contributed by atoms with van der Waals surface area (Å²) in [4.78, 5) is 4.46. The van der Waals surface area contributed by atoms with Gasteiger partial charge in [-0.15, -0.1) is 0 Å². The monoisotopic (exact) mass is 264 g/mol. The van der Waals surface area contributed by atoms with Crippen LogP contribution in [0.2, 0.25) is 0 Å². The number of nitrogens with zero attached hydrogens (tertiary/aromatic N) is 1. The van der Waals surface area contributed by atoms with Crippen molar-refractivity contribution in [2.75, 3.05) is 5.73 Å². The number of benzene rings is 2. The first-order valence-corrected chi connectivity index (χ1v) is 6.54. The summed E-state index contributed by atoms with van der Waals surface area (Å²) in [5, 5.41) is 11.5. The molecule has 0 fully saturated rings. The maximum absolute atomic E-state index is 10.5. The molecule has 1 aromatic heterocycles. The highest BCUT2D eigenvalue weighted by Crippen LogP contribution is 2.26. The van der Waals surface area contributed by atoms with Crippen molar-refractivity contribution in [3.05, 3.63) is 71.4 Å². The first-order chi connectivity index (χ1) is 9.63. The van der Waals surface area contributed by atoms with E-state index in [0.717, 1.165) is 27.7 Å². The molecule has 0 aliphatic carbocycles. The van der Waals surface area contributed by atoms with E-state index in [1.54, 1.807) is 6.07 Å². The van der Waals surface area contributed by atoms with Crippen molar-refractivity contribution < 1.29 is 5.11 Å². The molecular weight excluding hydrogens is 248 g/mol. The average Bonchev–Trinajstić information content (AvgIpc) is 2.46. The SMILES string of the molecule is Cc1ccc2cc(C(O)c3cccc(N)c3)ccc2n1. The number of aromatic nitrogens is 1. The van der Waals surface area contributed by atoms with E-state index in [4.69, 9.17) is 5.73 Å². The molecule has 3 N–H and O–H groups in total. The molecule has 1 heterocycles. The number of aliphatic hydroxyl groups is 1. The second-order valence-corrected chi connectivity index (χ2v) is 4.98. The van der Waals surface area contributed by atoms with Crippen molar-refractivity contribution >= 4 is 16.6 Å². The van der Waals surface area contributed by atoms with E-state index < -0.39 is 6.10 Å². The lowest BCUT2D eigenvalue weighted by Gasteiger charge is -2.13. The zero-order valence-electron chi connectivity index (χ0n) is 11.2. The van der Waals surface area contributed by atoms with E-state index in [2.05, 4.69) is 4.98 Å². The molecule has 0 spiro atoms. The smallest absolute Gasteiger partial charge is 0.104 e. The van der Waals surface area contributed by atoms with E-state index >= 15 is 0 Å². The molecule has 0 bridgehead atoms. The van der Waals surface area contributed by atoms with E-state index in [9.17, 15) is 5.11 Å². The third kappa shape index (κ3) is 2.36. The molecular formula is C17H16N2O. The van der Waals surface area contributed by atoms with E-state index in [1.807, 2.05) is 55.5 Å². The van der Waals surface area contributed by atoms with Gasteiger partial charge in [0.25, 0.3) is 0 Å². The Labute approximate surface area is 117 Å². The molecule has 3 aromatic rings. The van der Waals surface area contributed by atoms with E-state index in [-0.39, 0.29) is 0 Å². The Hall–Kier alpha value is -2.39. The first kappa shape index (κ1) is 12.6. The second kappa shape index (κ2) is 4.94. The predicted molar refractivity (Wildman–Crippen MR) is 81.4 cm³/mol. The van der Waals surface area contributed by atoms with Crippen molar-refractivity contribution in [2.24, 2.45) is 0 Å². The molecule has 0 saturated carbocycles. The molecule has 0 saturated heterocycles. The highest BCUT2D eigenvalue weighted by molar-refractivity contribution is 5.79. The van der Waals surface area contributed by atoms with Crippen molar-refractivity contribution in [3.8, 4) is 0 Å². The molecule has 0 amide bonds. The molecule has 3 heteroatoms. The fourth-order valence-corrected chi connectivity index (χ4v) is 2.34. The normalized spacial score (nSPS) is 12.5. The van der Waals surface area contributed by atoms with Crippen molar-refractivity contribution in [2.45, 2.75) is 13.0 Å². The van der Waals surface area contributed by atoms with Gasteiger partial charge in [0.05, 0.1) is 5.52 Å². The molecule has 1 atom stereocenters. The Morgan fingerprint density at radius 1 is 1.00 bits per heavy atom. The van der Waals surface area contributed by atoms with Gasteiger partial charge in [-0.05, 0) is 48.4 Å². The summed E-state index contributed by atoms with van der Waals surface area (Å²) in [5.41, 5.74) is 9.98. The number of hydrogen-bond donors (Lipinski definition) is 2. The van der Waals surface area contributed by atoms with Crippen LogP contribution in [0.5, 0.6) is 0 Å². The van der Waals surface area contributed by atoms with Crippen molar-refractivity contribution in [1.82, 2.24) is 4.98 Å². The van der Waals surface area contributed by atoms with Crippen LogP contribution in [0.3, 0.4) is 0 Å². The summed E-state index contributed by atoms with van der Waals surface area (Å²) >= 11 is 0. The molecule has 0 aliphatic rings. The van der Waals surface area contributed by atoms with Crippen LogP contribution in [0.15, 0.2) is 54.6 Å². The second-order valence-electron chi connectivity index (χ2n) is 4.98. The summed E-state index contributed by atoms with van der Waals surface area (Å²) in [6.45, 7) is 1.97. The third-order valence-electron chi connectivity index (χ3n) is 3.39. The van der Waals surface area contributed by atoms with Crippen LogP contribution in [0, 0.1) is 6.92 Å². The molecule has 3 rings (SSSR count). The topological polar surface area (TPSA) is 59.1 Å². The van der Waals surface area contributed by atoms with Crippen molar-refractivity contribution in [1.29, 1.82) is 0 Å². The highest BCUT2D eigenvalue weighted by Gasteiger charge is 2.11. The highest BCUT2D eigenvalue weighted by atomic mass is 16.3. The Bertz CT molecular complexity index is 768. The fourth-order valence-electron chi connectivity index (χ4n) is 2.34. The molecule has 20 heavy (non-hydrogen) atoms. The first-order valence-electron chi connectivity index (χ1n) is 6.54. The number of anilines is 1. The Morgan fingerprint density at radius 2 is 1.80 bits per heavy atom. The van der Waals surface area contributed by atoms with Gasteiger partial charge < -0.3 is 10.8 Å². The van der Waals surface area contributed by atoms with Crippen LogP contribution in [-0.2, 0) is 0 Å². The standard InChI is InChI=1S/C17H16N2O/c1-11-5-6-12-9-14(7-8-16(12)19-11)17(20)13-3-2-4-15(18)10-13/h2-10,17,20H,18H2,1H3. The van der Waals surface area contributed by atoms with Gasteiger partial charge >= 0.3 is 0 Å². The number of nitrogen functional groups attached to an aromatic ring is 1. The third-order valence-corrected chi connectivity index (χ3v) is 3.39. The lowest BCUT2D eigenvalue weighted by Crippen LogP contribution is -2.00. The van der Waals surface area contributed by atoms with Gasteiger partial charge in [-0.25, -0.2) is 0 Å². The molecule has 2 aromatic carbocycles. The van der Waals surface area contributed by atoms with Crippen LogP contribution in [0.1, 0.15) is 22.9 Å². The van der Waals surface area contributed by atoms with E-state index in [0.29, 0.717) is 5.69 Å². The zero-order valence-corrected chi connectivity index (χ0v) is 11.2. The van der Waals surface area contributed by atoms with Crippen LogP contribution in [0.4, 0.5) is 5.69 Å². The quantitative estimate of drug-likeness (QED) is 0.699. The number of hydrogen-bond acceptors (Lipinski definition) is 3. The molecule has 100 valence electrons. The zero-order chi connectivity index (χ0) is 14.1. The maximum Gasteiger partial charge on any atom is 0.104 e. The minimum absolute atomic E-state index is 0.652. The van der Waals surface area contributed by atoms with E-state index in [1.165, 1.54) is 0 Å². The van der Waals surface area contributed by atoms with Gasteiger partial charge in [0.1, 0.15) is 6.10 Å². The number of rotatable bonds is 2. The van der Waals surface area contributed by atoms with Gasteiger partial charge in [0, 0.05) is 16.8 Å². The number of aryl methyl sites for hydroxylation is 1. The predicted octanol–water partition coefficient (Wildman–Crippen LogP) is 3.21. The lowest BCUT2D eigenvalue weighted by atomic mass is 9.99. The number of aliphatic hydroxyl groups excluding tert-OH is 1. The molecule has 3 nitrogen and oxygen atoms in total. The van der Waals surface area contributed by atoms with Crippen LogP contribution in [-0.4, -0.2) is 10.1 Å². The minimum atomic E-state index is -0.677. The Morgan fingerprint density at radius 3 is 2.60 bits per heavy atom. The summed E-state index contributed by atoms with van der Waals surface area (Å²) in [6, 6.07) is 17.1. The Balaban J connectivity index is 2.03. The fraction of sp³-hybridized carbons (Fsp3) is 0.118. The van der Waals surface area contributed by atoms with Gasteiger partial charge in [-0.2, -0.15) is 0 Å². The lowest BCUT2D eigenvalue weighted by molar-refractivity contribution is 0.220. The Kier molecular flexibility index (Phi) is 3.12. The maximum atomic E-state index is 10.5. The number of nitrogens with two attached hydrogens (primary N) is 1. The number of pyridine rings is 1. The van der Waals surface area contributed by atoms with Crippen LogP contribution in [0.25, 0.3) is 10.9 Å². The molecule has 0 aliphatic heterocycles. The van der Waals surface area contributed by atoms with Crippen molar-refractivity contribution in [3.63, 3.8) is 0 Å². The summed E-state index contributed by atoms with van der Waals surface area (Å²) < 4.78 is 0. The average molecular weight is 264 g/mol. The van der Waals surface area contributed by atoms with Gasteiger partial charge in [0.15, 0.2) is 0 Å². The minimum Gasteiger partial charge on any atom is -0.399 e.